The lowest BCUT2D eigenvalue weighted by Gasteiger charge is -2.15. The van der Waals surface area contributed by atoms with Crippen molar-refractivity contribution in [2.45, 2.75) is 12.1 Å². The van der Waals surface area contributed by atoms with Crippen LogP contribution in [-0.2, 0) is 4.74 Å². The standard InChI is InChI=1S/C15H15IN2O/c1-18(2)12-6-3-10(4-7-12)15-17-13-8-5-11(16)9-14(13)19-15/h3-9,13-14H,1-2H3. The van der Waals surface area contributed by atoms with Gasteiger partial charge in [-0.25, -0.2) is 4.99 Å². The van der Waals surface area contributed by atoms with Crippen LogP contribution >= 0.6 is 22.6 Å². The van der Waals surface area contributed by atoms with Gasteiger partial charge >= 0.3 is 0 Å². The van der Waals surface area contributed by atoms with E-state index in [0.717, 1.165) is 11.5 Å². The number of allylic oxidation sites excluding steroid dienone is 2. The van der Waals surface area contributed by atoms with Gasteiger partial charge in [-0.2, -0.15) is 0 Å². The first-order valence-corrected chi connectivity index (χ1v) is 7.29. The van der Waals surface area contributed by atoms with E-state index in [1.807, 2.05) is 14.1 Å². The third kappa shape index (κ3) is 2.54. The van der Waals surface area contributed by atoms with Crippen molar-refractivity contribution < 1.29 is 4.74 Å². The molecule has 1 heterocycles. The average molecular weight is 366 g/mol. The Morgan fingerprint density at radius 1 is 1.21 bits per heavy atom. The van der Waals surface area contributed by atoms with E-state index in [2.05, 4.69) is 75.0 Å². The van der Waals surface area contributed by atoms with E-state index in [9.17, 15) is 0 Å². The Hall–Kier alpha value is -1.30. The predicted octanol–water partition coefficient (Wildman–Crippen LogP) is 3.16. The molecule has 4 heteroatoms. The third-order valence-electron chi connectivity index (χ3n) is 3.26. The average Bonchev–Trinajstić information content (AvgIpc) is 2.81. The molecule has 0 saturated heterocycles. The van der Waals surface area contributed by atoms with Crippen molar-refractivity contribution in [1.29, 1.82) is 0 Å². The van der Waals surface area contributed by atoms with Crippen LogP contribution in [0.2, 0.25) is 0 Å². The predicted molar refractivity (Wildman–Crippen MR) is 87.2 cm³/mol. The van der Waals surface area contributed by atoms with Gasteiger partial charge in [0.25, 0.3) is 0 Å². The van der Waals surface area contributed by atoms with Gasteiger partial charge in [0.1, 0.15) is 12.1 Å². The van der Waals surface area contributed by atoms with Crippen molar-refractivity contribution in [2.24, 2.45) is 4.99 Å². The second-order valence-corrected chi connectivity index (χ2v) is 6.10. The van der Waals surface area contributed by atoms with Crippen molar-refractivity contribution in [3.05, 3.63) is 51.6 Å². The summed E-state index contributed by atoms with van der Waals surface area (Å²) in [6.45, 7) is 0. The van der Waals surface area contributed by atoms with Gasteiger partial charge < -0.3 is 9.64 Å². The number of halogens is 1. The molecule has 0 bridgehead atoms. The first-order chi connectivity index (χ1) is 9.13. The molecule has 0 radical (unpaired) electrons. The molecule has 1 aliphatic heterocycles. The Balaban J connectivity index is 1.83. The highest BCUT2D eigenvalue weighted by Crippen LogP contribution is 2.27. The van der Waals surface area contributed by atoms with Gasteiger partial charge in [-0.05, 0) is 52.9 Å². The molecule has 1 aliphatic carbocycles. The molecule has 2 unspecified atom stereocenters. The fourth-order valence-electron chi connectivity index (χ4n) is 2.17. The summed E-state index contributed by atoms with van der Waals surface area (Å²) in [4.78, 5) is 6.71. The fourth-order valence-corrected chi connectivity index (χ4v) is 2.73. The van der Waals surface area contributed by atoms with Crippen molar-refractivity contribution in [3.63, 3.8) is 0 Å². The maximum absolute atomic E-state index is 5.93. The normalized spacial score (nSPS) is 24.4. The van der Waals surface area contributed by atoms with E-state index >= 15 is 0 Å². The van der Waals surface area contributed by atoms with E-state index in [1.54, 1.807) is 0 Å². The Kier molecular flexibility index (Phi) is 3.35. The number of hydrogen-bond donors (Lipinski definition) is 0. The number of aliphatic imine (C=N–C) groups is 1. The van der Waals surface area contributed by atoms with Crippen LogP contribution in [0.5, 0.6) is 0 Å². The molecule has 1 aromatic rings. The molecule has 0 fully saturated rings. The molecule has 0 amide bonds. The Bertz CT molecular complexity index is 572. The first kappa shape index (κ1) is 12.7. The zero-order valence-electron chi connectivity index (χ0n) is 10.9. The summed E-state index contributed by atoms with van der Waals surface area (Å²) in [5.74, 6) is 0.743. The highest BCUT2D eigenvalue weighted by atomic mass is 127. The van der Waals surface area contributed by atoms with Gasteiger partial charge in [-0.3, -0.25) is 0 Å². The topological polar surface area (TPSA) is 24.8 Å². The van der Waals surface area contributed by atoms with Crippen LogP contribution in [0.4, 0.5) is 5.69 Å². The summed E-state index contributed by atoms with van der Waals surface area (Å²) < 4.78 is 7.13. The lowest BCUT2D eigenvalue weighted by atomic mass is 10.1. The van der Waals surface area contributed by atoms with Crippen LogP contribution in [0.25, 0.3) is 0 Å². The second-order valence-electron chi connectivity index (χ2n) is 4.86. The molecule has 2 atom stereocenters. The van der Waals surface area contributed by atoms with Gasteiger partial charge in [0, 0.05) is 28.9 Å². The minimum Gasteiger partial charge on any atom is -0.467 e. The molecule has 2 aliphatic rings. The number of fused-ring (bicyclic) bond motifs is 1. The van der Waals surface area contributed by atoms with Crippen molar-refractivity contribution >= 4 is 34.2 Å². The smallest absolute Gasteiger partial charge is 0.217 e. The van der Waals surface area contributed by atoms with Crippen LogP contribution in [0.15, 0.2) is 51.1 Å². The molecule has 3 nitrogen and oxygen atoms in total. The molecule has 19 heavy (non-hydrogen) atoms. The maximum Gasteiger partial charge on any atom is 0.217 e. The van der Waals surface area contributed by atoms with Gasteiger partial charge in [-0.15, -0.1) is 0 Å². The molecule has 3 rings (SSSR count). The Morgan fingerprint density at radius 3 is 2.63 bits per heavy atom. The van der Waals surface area contributed by atoms with Gasteiger partial charge in [0.05, 0.1) is 0 Å². The minimum atomic E-state index is 0.0559. The molecule has 98 valence electrons. The largest absolute Gasteiger partial charge is 0.467 e. The SMILES string of the molecule is CN(C)c1ccc(C2=NC3C=CC(I)=CC3O2)cc1. The van der Waals surface area contributed by atoms with E-state index < -0.39 is 0 Å². The summed E-state index contributed by atoms with van der Waals surface area (Å²) in [6, 6.07) is 8.41. The number of nitrogens with zero attached hydrogens (tertiary/aromatic N) is 2. The van der Waals surface area contributed by atoms with Gasteiger partial charge in [-0.1, -0.05) is 12.2 Å². The van der Waals surface area contributed by atoms with Gasteiger partial charge in [0.2, 0.25) is 5.90 Å². The van der Waals surface area contributed by atoms with E-state index in [0.29, 0.717) is 0 Å². The molecule has 0 aromatic heterocycles. The van der Waals surface area contributed by atoms with Crippen LogP contribution in [0, 0.1) is 0 Å². The lowest BCUT2D eigenvalue weighted by Crippen LogP contribution is -2.20. The van der Waals surface area contributed by atoms with Crippen LogP contribution in [0.1, 0.15) is 5.56 Å². The summed E-state index contributed by atoms with van der Waals surface area (Å²) >= 11 is 2.30. The van der Waals surface area contributed by atoms with Crippen molar-refractivity contribution in [2.75, 3.05) is 19.0 Å². The molecule has 1 aromatic carbocycles. The third-order valence-corrected chi connectivity index (χ3v) is 3.98. The second kappa shape index (κ2) is 5.00. The molecular weight excluding hydrogens is 351 g/mol. The lowest BCUT2D eigenvalue weighted by molar-refractivity contribution is 0.255. The summed E-state index contributed by atoms with van der Waals surface area (Å²) in [7, 11) is 4.06. The van der Waals surface area contributed by atoms with E-state index in [-0.39, 0.29) is 12.1 Å². The summed E-state index contributed by atoms with van der Waals surface area (Å²) in [5, 5.41) is 0. The van der Waals surface area contributed by atoms with E-state index in [1.165, 1.54) is 9.27 Å². The number of rotatable bonds is 2. The molecule has 0 N–H and O–H groups in total. The summed E-state index contributed by atoms with van der Waals surface area (Å²) in [6.07, 6.45) is 6.37. The summed E-state index contributed by atoms with van der Waals surface area (Å²) in [5.41, 5.74) is 2.21. The minimum absolute atomic E-state index is 0.0559. The number of anilines is 1. The molecular formula is C15H15IN2O. The highest BCUT2D eigenvalue weighted by molar-refractivity contribution is 14.1. The highest BCUT2D eigenvalue weighted by Gasteiger charge is 2.30. The van der Waals surface area contributed by atoms with E-state index in [4.69, 9.17) is 4.74 Å². The molecule has 0 spiro atoms. The van der Waals surface area contributed by atoms with Crippen molar-refractivity contribution in [1.82, 2.24) is 0 Å². The molecule has 0 saturated carbocycles. The van der Waals surface area contributed by atoms with Crippen molar-refractivity contribution in [3.8, 4) is 0 Å². The van der Waals surface area contributed by atoms with Crippen LogP contribution in [0.3, 0.4) is 0 Å². The Morgan fingerprint density at radius 2 is 1.95 bits per heavy atom. The zero-order valence-corrected chi connectivity index (χ0v) is 13.0. The fraction of sp³-hybridized carbons (Fsp3) is 0.267. The number of benzene rings is 1. The first-order valence-electron chi connectivity index (χ1n) is 6.21. The monoisotopic (exact) mass is 366 g/mol. The zero-order chi connectivity index (χ0) is 13.4. The van der Waals surface area contributed by atoms with Crippen LogP contribution in [-0.4, -0.2) is 32.1 Å². The number of ether oxygens (including phenoxy) is 1. The van der Waals surface area contributed by atoms with Gasteiger partial charge in [0.15, 0.2) is 0 Å². The number of hydrogen-bond acceptors (Lipinski definition) is 3. The quantitative estimate of drug-likeness (QED) is 0.752. The maximum atomic E-state index is 5.93. The Labute approximate surface area is 126 Å². The van der Waals surface area contributed by atoms with Crippen LogP contribution < -0.4 is 4.90 Å².